The highest BCUT2D eigenvalue weighted by Gasteiger charge is 2.17. The highest BCUT2D eigenvalue weighted by Crippen LogP contribution is 2.17. The van der Waals surface area contributed by atoms with Gasteiger partial charge in [0.05, 0.1) is 27.8 Å². The fraction of sp³-hybridized carbons (Fsp3) is 0.125. The molecule has 0 aliphatic carbocycles. The number of imidazole rings is 1. The van der Waals surface area contributed by atoms with E-state index < -0.39 is 10.0 Å². The molecule has 0 amide bonds. The van der Waals surface area contributed by atoms with Crippen molar-refractivity contribution in [2.75, 3.05) is 0 Å². The van der Waals surface area contributed by atoms with Crippen LogP contribution in [0.25, 0.3) is 11.0 Å². The molecular formula is C16H14N4O2S. The molecular weight excluding hydrogens is 312 g/mol. The van der Waals surface area contributed by atoms with Crippen LogP contribution in [0.4, 0.5) is 0 Å². The number of aryl methyl sites for hydroxylation is 1. The number of rotatable bonds is 4. The molecule has 1 aromatic heterocycles. The third-order valence-corrected chi connectivity index (χ3v) is 5.01. The molecule has 0 spiro atoms. The molecule has 0 unspecified atom stereocenters. The smallest absolute Gasteiger partial charge is 0.242 e. The van der Waals surface area contributed by atoms with Crippen LogP contribution in [0.2, 0.25) is 0 Å². The monoisotopic (exact) mass is 326 g/mol. The van der Waals surface area contributed by atoms with Crippen molar-refractivity contribution in [3.8, 4) is 6.07 Å². The van der Waals surface area contributed by atoms with E-state index in [0.717, 1.165) is 16.6 Å². The van der Waals surface area contributed by atoms with Crippen LogP contribution in [0, 0.1) is 11.3 Å². The second-order valence-electron chi connectivity index (χ2n) is 5.11. The van der Waals surface area contributed by atoms with Crippen molar-refractivity contribution in [3.05, 3.63) is 59.9 Å². The molecule has 3 rings (SSSR count). The molecule has 7 heteroatoms. The van der Waals surface area contributed by atoms with Crippen LogP contribution in [-0.4, -0.2) is 18.0 Å². The lowest BCUT2D eigenvalue weighted by atomic mass is 10.2. The van der Waals surface area contributed by atoms with Crippen molar-refractivity contribution >= 4 is 21.1 Å². The van der Waals surface area contributed by atoms with Crippen molar-refractivity contribution < 1.29 is 8.42 Å². The third kappa shape index (κ3) is 2.95. The van der Waals surface area contributed by atoms with Crippen LogP contribution in [0.5, 0.6) is 0 Å². The van der Waals surface area contributed by atoms with Crippen molar-refractivity contribution in [2.24, 2.45) is 7.05 Å². The maximum absolute atomic E-state index is 12.4. The summed E-state index contributed by atoms with van der Waals surface area (Å²) in [5.41, 5.74) is 2.71. The van der Waals surface area contributed by atoms with Gasteiger partial charge in [-0.1, -0.05) is 18.2 Å². The SMILES string of the molecule is Cn1cnc2cc(CNS(=O)(=O)c3ccccc3C#N)ccc21. The molecule has 0 atom stereocenters. The van der Waals surface area contributed by atoms with Gasteiger partial charge in [0.2, 0.25) is 10.0 Å². The van der Waals surface area contributed by atoms with Gasteiger partial charge in [0.25, 0.3) is 0 Å². The Kier molecular flexibility index (Phi) is 3.86. The van der Waals surface area contributed by atoms with E-state index in [1.165, 1.54) is 12.1 Å². The molecule has 0 saturated heterocycles. The van der Waals surface area contributed by atoms with E-state index in [0.29, 0.717) is 0 Å². The number of nitrogens with zero attached hydrogens (tertiary/aromatic N) is 3. The number of hydrogen-bond donors (Lipinski definition) is 1. The summed E-state index contributed by atoms with van der Waals surface area (Å²) in [7, 11) is -1.85. The second kappa shape index (κ2) is 5.83. The summed E-state index contributed by atoms with van der Waals surface area (Å²) in [5, 5.41) is 9.03. The first kappa shape index (κ1) is 15.2. The topological polar surface area (TPSA) is 87.8 Å². The Morgan fingerprint density at radius 3 is 2.83 bits per heavy atom. The van der Waals surface area contributed by atoms with Crippen LogP contribution in [0.3, 0.4) is 0 Å². The lowest BCUT2D eigenvalue weighted by Gasteiger charge is -2.08. The summed E-state index contributed by atoms with van der Waals surface area (Å²) in [5.74, 6) is 0. The first-order valence-corrected chi connectivity index (χ1v) is 8.38. The third-order valence-electron chi connectivity index (χ3n) is 3.55. The van der Waals surface area contributed by atoms with Crippen molar-refractivity contribution in [2.45, 2.75) is 11.4 Å². The first-order valence-electron chi connectivity index (χ1n) is 6.90. The molecule has 0 saturated carbocycles. The number of nitrogens with one attached hydrogen (secondary N) is 1. The summed E-state index contributed by atoms with van der Waals surface area (Å²) in [6.45, 7) is 0.134. The number of aromatic nitrogens is 2. The van der Waals surface area contributed by atoms with E-state index in [-0.39, 0.29) is 17.0 Å². The van der Waals surface area contributed by atoms with Gasteiger partial charge in [-0.2, -0.15) is 5.26 Å². The van der Waals surface area contributed by atoms with E-state index in [1.807, 2.05) is 35.9 Å². The van der Waals surface area contributed by atoms with Gasteiger partial charge in [-0.15, -0.1) is 0 Å². The maximum Gasteiger partial charge on any atom is 0.242 e. The quantitative estimate of drug-likeness (QED) is 0.793. The average Bonchev–Trinajstić information content (AvgIpc) is 2.94. The van der Waals surface area contributed by atoms with Gasteiger partial charge in [-0.25, -0.2) is 18.1 Å². The Hall–Kier alpha value is -2.69. The largest absolute Gasteiger partial charge is 0.334 e. The molecule has 116 valence electrons. The number of benzene rings is 2. The molecule has 1 heterocycles. The van der Waals surface area contributed by atoms with Gasteiger partial charge in [-0.3, -0.25) is 0 Å². The summed E-state index contributed by atoms with van der Waals surface area (Å²) >= 11 is 0. The molecule has 0 aliphatic rings. The molecule has 6 nitrogen and oxygen atoms in total. The Morgan fingerprint density at radius 2 is 2.04 bits per heavy atom. The lowest BCUT2D eigenvalue weighted by molar-refractivity contribution is 0.581. The molecule has 0 fully saturated rings. The van der Waals surface area contributed by atoms with Crippen molar-refractivity contribution in [3.63, 3.8) is 0 Å². The number of fused-ring (bicyclic) bond motifs is 1. The Labute approximate surface area is 134 Å². The zero-order chi connectivity index (χ0) is 16.4. The number of hydrogen-bond acceptors (Lipinski definition) is 4. The fourth-order valence-electron chi connectivity index (χ4n) is 2.34. The lowest BCUT2D eigenvalue weighted by Crippen LogP contribution is -2.24. The van der Waals surface area contributed by atoms with Crippen LogP contribution in [-0.2, 0) is 23.6 Å². The van der Waals surface area contributed by atoms with Crippen LogP contribution >= 0.6 is 0 Å². The van der Waals surface area contributed by atoms with Gasteiger partial charge in [0, 0.05) is 13.6 Å². The van der Waals surface area contributed by atoms with E-state index in [4.69, 9.17) is 5.26 Å². The molecule has 3 aromatic rings. The minimum Gasteiger partial charge on any atom is -0.334 e. The predicted molar refractivity (Wildman–Crippen MR) is 85.9 cm³/mol. The fourth-order valence-corrected chi connectivity index (χ4v) is 3.51. The van der Waals surface area contributed by atoms with Crippen molar-refractivity contribution in [1.82, 2.24) is 14.3 Å². The maximum atomic E-state index is 12.4. The molecule has 0 radical (unpaired) electrons. The van der Waals surface area contributed by atoms with Gasteiger partial charge in [0.1, 0.15) is 6.07 Å². The predicted octanol–water partition coefficient (Wildman–Crippen LogP) is 1.92. The van der Waals surface area contributed by atoms with Gasteiger partial charge >= 0.3 is 0 Å². The van der Waals surface area contributed by atoms with E-state index in [1.54, 1.807) is 18.5 Å². The summed E-state index contributed by atoms with van der Waals surface area (Å²) in [6.07, 6.45) is 1.71. The normalized spacial score (nSPS) is 11.5. The van der Waals surface area contributed by atoms with Gasteiger partial charge < -0.3 is 4.57 Å². The zero-order valence-corrected chi connectivity index (χ0v) is 13.2. The number of sulfonamides is 1. The summed E-state index contributed by atoms with van der Waals surface area (Å²) in [6, 6.07) is 13.6. The zero-order valence-electron chi connectivity index (χ0n) is 12.4. The first-order chi connectivity index (χ1) is 11.0. The Bertz CT molecular complexity index is 1020. The minimum atomic E-state index is -3.75. The summed E-state index contributed by atoms with van der Waals surface area (Å²) in [4.78, 5) is 4.24. The Balaban J connectivity index is 1.84. The second-order valence-corrected chi connectivity index (χ2v) is 6.85. The molecule has 1 N–H and O–H groups in total. The van der Waals surface area contributed by atoms with Crippen molar-refractivity contribution in [1.29, 1.82) is 5.26 Å². The van der Waals surface area contributed by atoms with E-state index in [2.05, 4.69) is 9.71 Å². The molecule has 0 aliphatic heterocycles. The number of nitriles is 1. The highest BCUT2D eigenvalue weighted by atomic mass is 32.2. The highest BCUT2D eigenvalue weighted by molar-refractivity contribution is 7.89. The van der Waals surface area contributed by atoms with E-state index in [9.17, 15) is 8.42 Å². The molecule has 2 aromatic carbocycles. The van der Waals surface area contributed by atoms with Crippen LogP contribution in [0.15, 0.2) is 53.7 Å². The van der Waals surface area contributed by atoms with Crippen LogP contribution < -0.4 is 4.72 Å². The minimum absolute atomic E-state index is 0.0126. The molecule has 0 bridgehead atoms. The van der Waals surface area contributed by atoms with Gasteiger partial charge in [0.15, 0.2) is 0 Å². The standard InChI is InChI=1S/C16H14N4O2S/c1-20-11-18-14-8-12(6-7-15(14)20)10-19-23(21,22)16-5-3-2-4-13(16)9-17/h2-8,11,19H,10H2,1H3. The van der Waals surface area contributed by atoms with Crippen LogP contribution in [0.1, 0.15) is 11.1 Å². The van der Waals surface area contributed by atoms with E-state index >= 15 is 0 Å². The average molecular weight is 326 g/mol. The molecule has 23 heavy (non-hydrogen) atoms. The van der Waals surface area contributed by atoms with Gasteiger partial charge in [-0.05, 0) is 29.8 Å². The Morgan fingerprint density at radius 1 is 1.26 bits per heavy atom. The summed E-state index contributed by atoms with van der Waals surface area (Å²) < 4.78 is 29.2.